The number of carbonyl (C=O) groups is 1. The van der Waals surface area contributed by atoms with Gasteiger partial charge < -0.3 is 9.47 Å². The summed E-state index contributed by atoms with van der Waals surface area (Å²) in [6.45, 7) is 5.85. The van der Waals surface area contributed by atoms with Crippen molar-refractivity contribution < 1.29 is 14.3 Å². The lowest BCUT2D eigenvalue weighted by molar-refractivity contribution is 0.00306. The second kappa shape index (κ2) is 5.65. The van der Waals surface area contributed by atoms with E-state index < -0.39 is 0 Å². The summed E-state index contributed by atoms with van der Waals surface area (Å²) in [5, 5.41) is 0. The van der Waals surface area contributed by atoms with Crippen LogP contribution in [0.5, 0.6) is 5.75 Å². The van der Waals surface area contributed by atoms with Crippen molar-refractivity contribution in [2.24, 2.45) is 0 Å². The molecule has 1 rings (SSSR count). The molecule has 0 radical (unpaired) electrons. The fourth-order valence-electron chi connectivity index (χ4n) is 1.21. The van der Waals surface area contributed by atoms with Crippen LogP contribution < -0.4 is 4.74 Å². The molecule has 0 saturated heterocycles. The van der Waals surface area contributed by atoms with E-state index in [9.17, 15) is 4.79 Å². The molecule has 0 aliphatic carbocycles. The molecule has 3 nitrogen and oxygen atoms in total. The number of rotatable bonds is 4. The van der Waals surface area contributed by atoms with Crippen LogP contribution in [0.1, 0.15) is 31.1 Å². The predicted molar refractivity (Wildman–Crippen MR) is 70.7 cm³/mol. The van der Waals surface area contributed by atoms with Crippen molar-refractivity contribution >= 4 is 21.7 Å². The van der Waals surface area contributed by atoms with Gasteiger partial charge in [-0.1, -0.05) is 0 Å². The number of benzene rings is 1. The lowest BCUT2D eigenvalue weighted by Gasteiger charge is -2.18. The summed E-state index contributed by atoms with van der Waals surface area (Å²) >= 11 is 3.35. The Balaban J connectivity index is 2.73. The Morgan fingerprint density at radius 3 is 2.47 bits per heavy atom. The van der Waals surface area contributed by atoms with Gasteiger partial charge >= 0.3 is 0 Å². The van der Waals surface area contributed by atoms with Gasteiger partial charge in [0.2, 0.25) is 0 Å². The molecule has 0 bridgehead atoms. The third kappa shape index (κ3) is 4.48. The van der Waals surface area contributed by atoms with E-state index in [1.807, 2.05) is 20.8 Å². The maximum atomic E-state index is 11.9. The van der Waals surface area contributed by atoms with E-state index in [0.717, 1.165) is 4.47 Å². The summed E-state index contributed by atoms with van der Waals surface area (Å²) in [5.41, 5.74) is 0.307. The lowest BCUT2D eigenvalue weighted by atomic mass is 10.1. The molecule has 0 aliphatic rings. The zero-order valence-electron chi connectivity index (χ0n) is 10.5. The largest absolute Gasteiger partial charge is 0.496 e. The highest BCUT2D eigenvalue weighted by atomic mass is 79.9. The highest BCUT2D eigenvalue weighted by molar-refractivity contribution is 9.10. The van der Waals surface area contributed by atoms with Gasteiger partial charge in [0.25, 0.3) is 0 Å². The SMILES string of the molecule is COc1ccc(C(=O)COC(C)(C)C)cc1Br. The van der Waals surface area contributed by atoms with E-state index in [1.54, 1.807) is 25.3 Å². The zero-order chi connectivity index (χ0) is 13.1. The smallest absolute Gasteiger partial charge is 0.188 e. The minimum Gasteiger partial charge on any atom is -0.496 e. The first-order valence-electron chi connectivity index (χ1n) is 5.34. The number of methoxy groups -OCH3 is 1. The molecule has 0 unspecified atom stereocenters. The average Bonchev–Trinajstić information content (AvgIpc) is 2.24. The third-order valence-corrected chi connectivity index (χ3v) is 2.73. The van der Waals surface area contributed by atoms with Crippen LogP contribution in [0.3, 0.4) is 0 Å². The van der Waals surface area contributed by atoms with E-state index in [-0.39, 0.29) is 18.0 Å². The predicted octanol–water partition coefficient (Wildman–Crippen LogP) is 3.46. The minimum atomic E-state index is -0.306. The highest BCUT2D eigenvalue weighted by Gasteiger charge is 2.15. The molecule has 0 aromatic heterocycles. The van der Waals surface area contributed by atoms with Crippen molar-refractivity contribution in [3.8, 4) is 5.75 Å². The Labute approximate surface area is 110 Å². The fourth-order valence-corrected chi connectivity index (χ4v) is 1.75. The van der Waals surface area contributed by atoms with Crippen molar-refractivity contribution in [2.75, 3.05) is 13.7 Å². The first kappa shape index (κ1) is 14.2. The second-order valence-electron chi connectivity index (χ2n) is 4.67. The minimum absolute atomic E-state index is 0.0386. The van der Waals surface area contributed by atoms with Crippen molar-refractivity contribution in [2.45, 2.75) is 26.4 Å². The van der Waals surface area contributed by atoms with Gasteiger partial charge in [0.15, 0.2) is 5.78 Å². The Morgan fingerprint density at radius 1 is 1.35 bits per heavy atom. The summed E-state index contributed by atoms with van der Waals surface area (Å²) in [4.78, 5) is 11.9. The summed E-state index contributed by atoms with van der Waals surface area (Å²) in [7, 11) is 1.59. The molecule has 0 N–H and O–H groups in total. The summed E-state index contributed by atoms with van der Waals surface area (Å²) in [5.74, 6) is 0.668. The number of ether oxygens (including phenoxy) is 2. The first-order chi connectivity index (χ1) is 7.83. The van der Waals surface area contributed by atoms with Crippen LogP contribution in [0.2, 0.25) is 0 Å². The third-order valence-electron chi connectivity index (χ3n) is 2.11. The molecular formula is C13H17BrO3. The molecule has 4 heteroatoms. The molecule has 0 amide bonds. The number of ketones is 1. The molecule has 0 spiro atoms. The van der Waals surface area contributed by atoms with Crippen LogP contribution in [0.15, 0.2) is 22.7 Å². The van der Waals surface area contributed by atoms with E-state index in [4.69, 9.17) is 9.47 Å². The van der Waals surface area contributed by atoms with Gasteiger partial charge in [-0.3, -0.25) is 4.79 Å². The van der Waals surface area contributed by atoms with Gasteiger partial charge in [-0.2, -0.15) is 0 Å². The molecule has 1 aromatic rings. The van der Waals surface area contributed by atoms with Gasteiger partial charge in [0.1, 0.15) is 12.4 Å². The lowest BCUT2D eigenvalue weighted by Crippen LogP contribution is -2.23. The molecule has 0 saturated carbocycles. The van der Waals surface area contributed by atoms with Gasteiger partial charge in [0, 0.05) is 5.56 Å². The van der Waals surface area contributed by atoms with Crippen LogP contribution in [-0.4, -0.2) is 25.1 Å². The molecule has 1 aromatic carbocycles. The van der Waals surface area contributed by atoms with E-state index >= 15 is 0 Å². The monoisotopic (exact) mass is 300 g/mol. The molecule has 0 atom stereocenters. The van der Waals surface area contributed by atoms with Crippen molar-refractivity contribution in [1.82, 2.24) is 0 Å². The van der Waals surface area contributed by atoms with E-state index in [2.05, 4.69) is 15.9 Å². The molecule has 0 fully saturated rings. The second-order valence-corrected chi connectivity index (χ2v) is 5.53. The molecular weight excluding hydrogens is 284 g/mol. The van der Waals surface area contributed by atoms with Crippen LogP contribution in [-0.2, 0) is 4.74 Å². The highest BCUT2D eigenvalue weighted by Crippen LogP contribution is 2.25. The first-order valence-corrected chi connectivity index (χ1v) is 6.13. The molecule has 17 heavy (non-hydrogen) atoms. The summed E-state index contributed by atoms with van der Waals surface area (Å²) < 4.78 is 11.3. The average molecular weight is 301 g/mol. The number of carbonyl (C=O) groups excluding carboxylic acids is 1. The van der Waals surface area contributed by atoms with Crippen LogP contribution in [0.4, 0.5) is 0 Å². The fraction of sp³-hybridized carbons (Fsp3) is 0.462. The topological polar surface area (TPSA) is 35.5 Å². The molecule has 0 aliphatic heterocycles. The van der Waals surface area contributed by atoms with Crippen LogP contribution >= 0.6 is 15.9 Å². The maximum Gasteiger partial charge on any atom is 0.188 e. The quantitative estimate of drug-likeness (QED) is 0.799. The zero-order valence-corrected chi connectivity index (χ0v) is 12.1. The Morgan fingerprint density at radius 2 is 2.00 bits per heavy atom. The number of halogens is 1. The summed E-state index contributed by atoms with van der Waals surface area (Å²) in [6.07, 6.45) is 0. The maximum absolute atomic E-state index is 11.9. The molecule has 94 valence electrons. The molecule has 0 heterocycles. The Hall–Kier alpha value is -0.870. The van der Waals surface area contributed by atoms with Crippen LogP contribution in [0.25, 0.3) is 0 Å². The van der Waals surface area contributed by atoms with Gasteiger partial charge in [-0.25, -0.2) is 0 Å². The Bertz CT molecular complexity index is 408. The van der Waals surface area contributed by atoms with E-state index in [1.165, 1.54) is 0 Å². The summed E-state index contributed by atoms with van der Waals surface area (Å²) in [6, 6.07) is 5.24. The number of hydrogen-bond donors (Lipinski definition) is 0. The van der Waals surface area contributed by atoms with Gasteiger partial charge in [0.05, 0.1) is 17.2 Å². The van der Waals surface area contributed by atoms with E-state index in [0.29, 0.717) is 11.3 Å². The standard InChI is InChI=1S/C13H17BrO3/c1-13(2,3)17-8-11(15)9-5-6-12(16-4)10(14)7-9/h5-7H,8H2,1-4H3. The van der Waals surface area contributed by atoms with Crippen molar-refractivity contribution in [1.29, 1.82) is 0 Å². The van der Waals surface area contributed by atoms with Crippen molar-refractivity contribution in [3.63, 3.8) is 0 Å². The van der Waals surface area contributed by atoms with Gasteiger partial charge in [-0.05, 0) is 54.9 Å². The van der Waals surface area contributed by atoms with Crippen LogP contribution in [0, 0.1) is 0 Å². The Kier molecular flexibility index (Phi) is 4.71. The number of Topliss-reactive ketones (excluding diaryl/α,β-unsaturated/α-hetero) is 1. The number of hydrogen-bond acceptors (Lipinski definition) is 3. The van der Waals surface area contributed by atoms with Gasteiger partial charge in [-0.15, -0.1) is 0 Å². The van der Waals surface area contributed by atoms with Crippen molar-refractivity contribution in [3.05, 3.63) is 28.2 Å². The normalized spacial score (nSPS) is 11.4.